The summed E-state index contributed by atoms with van der Waals surface area (Å²) in [5, 5.41) is 49.1. The van der Waals surface area contributed by atoms with E-state index in [0.717, 1.165) is 0 Å². The summed E-state index contributed by atoms with van der Waals surface area (Å²) in [7, 11) is 0. The molecule has 0 amide bonds. The Balaban J connectivity index is 2.42. The third-order valence-corrected chi connectivity index (χ3v) is 4.51. The van der Waals surface area contributed by atoms with Crippen molar-refractivity contribution in [2.75, 3.05) is 0 Å². The summed E-state index contributed by atoms with van der Waals surface area (Å²) in [5.41, 5.74) is -1.95. The van der Waals surface area contributed by atoms with Gasteiger partial charge >= 0.3 is 0 Å². The molecule has 0 bridgehead atoms. The minimum atomic E-state index is -1.99. The lowest BCUT2D eigenvalue weighted by molar-refractivity contribution is -0.385. The molecule has 0 fully saturated rings. The second kappa shape index (κ2) is 6.99. The van der Waals surface area contributed by atoms with E-state index in [-0.39, 0.29) is 28.0 Å². The molecular formula is C21H11N5O2. The van der Waals surface area contributed by atoms with Gasteiger partial charge in [0.2, 0.25) is 5.41 Å². The Morgan fingerprint density at radius 2 is 1.57 bits per heavy atom. The Morgan fingerprint density at radius 3 is 2.14 bits per heavy atom. The van der Waals surface area contributed by atoms with E-state index < -0.39 is 16.0 Å². The summed E-state index contributed by atoms with van der Waals surface area (Å²) in [6, 6.07) is 20.0. The summed E-state index contributed by atoms with van der Waals surface area (Å²) in [6.45, 7) is 0. The van der Waals surface area contributed by atoms with Crippen molar-refractivity contribution in [3.63, 3.8) is 0 Å². The molecule has 1 aliphatic rings. The van der Waals surface area contributed by atoms with Gasteiger partial charge in [0.05, 0.1) is 33.9 Å². The smallest absolute Gasteiger partial charge is 0.277 e. The van der Waals surface area contributed by atoms with Crippen LogP contribution in [0, 0.1) is 54.9 Å². The number of nitrogens with one attached hydrogen (secondary N) is 1. The molecule has 0 radical (unpaired) electrons. The summed E-state index contributed by atoms with van der Waals surface area (Å²) in [5.74, 6) is 0. The van der Waals surface area contributed by atoms with Crippen LogP contribution in [0.3, 0.4) is 0 Å². The molecule has 2 aromatic carbocycles. The van der Waals surface area contributed by atoms with Crippen LogP contribution in [0.15, 0.2) is 66.2 Å². The average molecular weight is 365 g/mol. The number of benzene rings is 2. The fourth-order valence-electron chi connectivity index (χ4n) is 3.15. The molecule has 1 N–H and O–H groups in total. The van der Waals surface area contributed by atoms with E-state index in [4.69, 9.17) is 5.41 Å². The van der Waals surface area contributed by atoms with Crippen LogP contribution in [0.5, 0.6) is 0 Å². The van der Waals surface area contributed by atoms with Crippen molar-refractivity contribution >= 4 is 22.5 Å². The number of nitro benzene ring substituents is 1. The van der Waals surface area contributed by atoms with Crippen LogP contribution < -0.4 is 0 Å². The quantitative estimate of drug-likeness (QED) is 0.646. The third-order valence-electron chi connectivity index (χ3n) is 4.51. The van der Waals surface area contributed by atoms with Crippen molar-refractivity contribution in [3.8, 4) is 18.2 Å². The normalized spacial score (nSPS) is 15.0. The van der Waals surface area contributed by atoms with Crippen molar-refractivity contribution in [1.29, 1.82) is 21.2 Å². The highest BCUT2D eigenvalue weighted by molar-refractivity contribution is 6.24. The minimum absolute atomic E-state index is 0.139. The Hall–Kier alpha value is -4.54. The molecule has 0 saturated heterocycles. The van der Waals surface area contributed by atoms with Crippen molar-refractivity contribution in [2.45, 2.75) is 0 Å². The lowest BCUT2D eigenvalue weighted by Crippen LogP contribution is -2.33. The predicted octanol–water partition coefficient (Wildman–Crippen LogP) is 4.02. The van der Waals surface area contributed by atoms with Gasteiger partial charge in [-0.15, -0.1) is 0 Å². The lowest BCUT2D eigenvalue weighted by Gasteiger charge is -2.28. The number of nitro groups is 1. The number of nitrogens with zero attached hydrogens (tertiary/aromatic N) is 4. The van der Waals surface area contributed by atoms with Gasteiger partial charge in [0.1, 0.15) is 6.07 Å². The fourth-order valence-corrected chi connectivity index (χ4v) is 3.15. The lowest BCUT2D eigenvalue weighted by atomic mass is 9.68. The van der Waals surface area contributed by atoms with Crippen LogP contribution in [0.1, 0.15) is 11.1 Å². The van der Waals surface area contributed by atoms with E-state index in [1.54, 1.807) is 36.4 Å². The molecule has 0 saturated carbocycles. The van der Waals surface area contributed by atoms with E-state index >= 15 is 0 Å². The summed E-state index contributed by atoms with van der Waals surface area (Å²) < 4.78 is 0. The minimum Gasteiger partial charge on any atom is -0.301 e. The molecule has 7 heteroatoms. The molecule has 132 valence electrons. The van der Waals surface area contributed by atoms with Gasteiger partial charge in [-0.1, -0.05) is 42.5 Å². The van der Waals surface area contributed by atoms with Gasteiger partial charge in [-0.05, 0) is 17.7 Å². The first kappa shape index (κ1) is 18.3. The highest BCUT2D eigenvalue weighted by Gasteiger charge is 2.46. The Morgan fingerprint density at radius 1 is 0.964 bits per heavy atom. The highest BCUT2D eigenvalue weighted by Crippen LogP contribution is 2.45. The zero-order chi connectivity index (χ0) is 20.3. The van der Waals surface area contributed by atoms with Gasteiger partial charge in [0, 0.05) is 17.2 Å². The van der Waals surface area contributed by atoms with Crippen molar-refractivity contribution in [1.82, 2.24) is 0 Å². The van der Waals surface area contributed by atoms with Gasteiger partial charge < -0.3 is 5.41 Å². The number of hydrogen-bond acceptors (Lipinski definition) is 6. The highest BCUT2D eigenvalue weighted by atomic mass is 16.6. The summed E-state index contributed by atoms with van der Waals surface area (Å²) >= 11 is 0. The fraction of sp³-hybridized carbons (Fsp3) is 0.0476. The number of para-hydroxylation sites is 1. The van der Waals surface area contributed by atoms with E-state index in [0.29, 0.717) is 5.56 Å². The van der Waals surface area contributed by atoms with Crippen molar-refractivity contribution in [2.24, 2.45) is 5.41 Å². The molecule has 7 nitrogen and oxygen atoms in total. The Bertz CT molecular complexity index is 1170. The molecule has 3 rings (SSSR count). The first-order chi connectivity index (χ1) is 13.5. The van der Waals surface area contributed by atoms with Gasteiger partial charge in [-0.25, -0.2) is 0 Å². The molecular weight excluding hydrogens is 354 g/mol. The van der Waals surface area contributed by atoms with Crippen LogP contribution in [0.25, 0.3) is 11.1 Å². The van der Waals surface area contributed by atoms with Gasteiger partial charge in [0.15, 0.2) is 0 Å². The van der Waals surface area contributed by atoms with Crippen LogP contribution in [-0.2, 0) is 0 Å². The van der Waals surface area contributed by atoms with Crippen LogP contribution in [-0.4, -0.2) is 10.6 Å². The molecule has 28 heavy (non-hydrogen) atoms. The molecule has 0 aromatic heterocycles. The van der Waals surface area contributed by atoms with Gasteiger partial charge in [0.25, 0.3) is 5.69 Å². The van der Waals surface area contributed by atoms with Crippen LogP contribution >= 0.6 is 0 Å². The number of hydrogen-bond donors (Lipinski definition) is 1. The predicted molar refractivity (Wildman–Crippen MR) is 101 cm³/mol. The molecule has 0 aliphatic heterocycles. The van der Waals surface area contributed by atoms with E-state index in [1.165, 1.54) is 24.3 Å². The first-order valence-electron chi connectivity index (χ1n) is 8.07. The maximum absolute atomic E-state index is 11.5. The summed E-state index contributed by atoms with van der Waals surface area (Å²) in [6.07, 6.45) is 1.43. The van der Waals surface area contributed by atoms with Gasteiger partial charge in [-0.3, -0.25) is 10.1 Å². The van der Waals surface area contributed by atoms with Crippen molar-refractivity contribution < 1.29 is 4.92 Å². The van der Waals surface area contributed by atoms with E-state index in [1.807, 2.05) is 18.2 Å². The van der Waals surface area contributed by atoms with E-state index in [2.05, 4.69) is 0 Å². The van der Waals surface area contributed by atoms with Crippen molar-refractivity contribution in [3.05, 3.63) is 87.5 Å². The number of allylic oxidation sites excluding steroid dienone is 4. The monoisotopic (exact) mass is 365 g/mol. The zero-order valence-electron chi connectivity index (χ0n) is 14.4. The molecule has 0 heterocycles. The Labute approximate surface area is 160 Å². The van der Waals surface area contributed by atoms with E-state index in [9.17, 15) is 25.9 Å². The van der Waals surface area contributed by atoms with Crippen LogP contribution in [0.4, 0.5) is 5.69 Å². The SMILES string of the molecule is N#CC1=C(c2ccccc2[N+](=O)[O-])C=C(c2ccccc2)C(C#N)(C#N)C1=N. The number of nitriles is 3. The second-order valence-corrected chi connectivity index (χ2v) is 5.95. The Kier molecular flexibility index (Phi) is 4.56. The standard InChI is InChI=1S/C21H11N5O2/c22-11-17-16(15-8-4-5-9-19(15)26(27)28)10-18(14-6-2-1-3-7-14)21(12-23,13-24)20(17)25/h1-10,25H. The number of rotatable bonds is 3. The molecule has 0 spiro atoms. The topological polar surface area (TPSA) is 138 Å². The second-order valence-electron chi connectivity index (χ2n) is 5.95. The first-order valence-corrected chi connectivity index (χ1v) is 8.07. The molecule has 0 atom stereocenters. The van der Waals surface area contributed by atoms with Gasteiger partial charge in [-0.2, -0.15) is 15.8 Å². The zero-order valence-corrected chi connectivity index (χ0v) is 14.4. The van der Waals surface area contributed by atoms with Crippen LogP contribution in [0.2, 0.25) is 0 Å². The third kappa shape index (κ3) is 2.63. The largest absolute Gasteiger partial charge is 0.301 e. The molecule has 0 unspecified atom stereocenters. The maximum Gasteiger partial charge on any atom is 0.277 e. The molecule has 1 aliphatic carbocycles. The maximum atomic E-state index is 11.5. The summed E-state index contributed by atoms with van der Waals surface area (Å²) in [4.78, 5) is 10.9. The average Bonchev–Trinajstić information content (AvgIpc) is 2.74. The molecule has 2 aromatic rings.